The summed E-state index contributed by atoms with van der Waals surface area (Å²) in [5.41, 5.74) is 7.74. The Bertz CT molecular complexity index is 3540. The molecule has 0 unspecified atom stereocenters. The Hall–Kier alpha value is -7.63. The van der Waals surface area contributed by atoms with Crippen molar-refractivity contribution in [1.29, 1.82) is 0 Å². The molecule has 0 fully saturated rings. The molecule has 8 aromatic carbocycles. The molecule has 3 heterocycles. The average Bonchev–Trinajstić information content (AvgIpc) is 3.88. The van der Waals surface area contributed by atoms with Crippen LogP contribution in [0.15, 0.2) is 198 Å². The van der Waals surface area contributed by atoms with Gasteiger partial charge in [0.1, 0.15) is 11.2 Å². The number of nitrogens with zero attached hydrogens (tertiary/aromatic N) is 4. The first-order chi connectivity index (χ1) is 30.2. The van der Waals surface area contributed by atoms with E-state index >= 15 is 0 Å². The van der Waals surface area contributed by atoms with Crippen LogP contribution in [0, 0.1) is 0 Å². The van der Waals surface area contributed by atoms with E-state index in [4.69, 9.17) is 26.2 Å². The van der Waals surface area contributed by atoms with E-state index in [-0.39, 0.29) is 63.8 Å². The molecule has 0 aliphatic carbocycles. The largest absolute Gasteiger partial charge is 0.455 e. The van der Waals surface area contributed by atoms with Gasteiger partial charge in [-0.1, -0.05) is 170 Å². The van der Waals surface area contributed by atoms with Gasteiger partial charge in [0, 0.05) is 49.4 Å². The summed E-state index contributed by atoms with van der Waals surface area (Å²) in [6, 6.07) is 49.8. The van der Waals surface area contributed by atoms with Crippen LogP contribution in [0.1, 0.15) is 8.22 Å². The zero-order valence-corrected chi connectivity index (χ0v) is 29.7. The molecule has 0 aliphatic heterocycles. The minimum Gasteiger partial charge on any atom is -0.455 e. The molecule has 0 atom stereocenters. The summed E-state index contributed by atoms with van der Waals surface area (Å²) in [5, 5.41) is 2.25. The first-order valence-corrected chi connectivity index (χ1v) is 18.3. The molecule has 0 radical (unpaired) electrons. The molecule has 0 N–H and O–H groups in total. The van der Waals surface area contributed by atoms with Crippen molar-refractivity contribution in [2.24, 2.45) is 0 Å². The summed E-state index contributed by atoms with van der Waals surface area (Å²) in [7, 11) is 0. The second-order valence-corrected chi connectivity index (χ2v) is 13.5. The predicted octanol–water partition coefficient (Wildman–Crippen LogP) is 13.2. The van der Waals surface area contributed by atoms with E-state index in [2.05, 4.69) is 41.0 Å². The van der Waals surface area contributed by atoms with Crippen molar-refractivity contribution in [1.82, 2.24) is 19.5 Å². The van der Waals surface area contributed by atoms with Crippen LogP contribution < -0.4 is 0 Å². The lowest BCUT2D eigenvalue weighted by atomic mass is 9.98. The molecule has 11 aromatic rings. The zero-order chi connectivity index (χ0) is 42.2. The van der Waals surface area contributed by atoms with Crippen LogP contribution in [-0.2, 0) is 0 Å². The van der Waals surface area contributed by atoms with E-state index in [0.717, 1.165) is 44.1 Å². The maximum atomic E-state index is 9.42. The van der Waals surface area contributed by atoms with Gasteiger partial charge in [0.05, 0.1) is 24.9 Å². The van der Waals surface area contributed by atoms with E-state index < -0.39 is 0 Å². The Labute approximate surface area is 331 Å². The summed E-state index contributed by atoms with van der Waals surface area (Å²) in [6.45, 7) is 0. The Balaban J connectivity index is 1.20. The second-order valence-electron chi connectivity index (χ2n) is 13.5. The van der Waals surface area contributed by atoms with Gasteiger partial charge in [-0.15, -0.1) is 0 Å². The van der Waals surface area contributed by atoms with Crippen LogP contribution in [0.5, 0.6) is 0 Å². The summed E-state index contributed by atoms with van der Waals surface area (Å²) >= 11 is 0. The van der Waals surface area contributed by atoms with Crippen molar-refractivity contribution >= 4 is 43.7 Å². The number of hydrogen-bond acceptors (Lipinski definition) is 4. The lowest BCUT2D eigenvalue weighted by Crippen LogP contribution is -2.02. The van der Waals surface area contributed by atoms with Crippen molar-refractivity contribution in [3.05, 3.63) is 194 Å². The number of rotatable bonds is 6. The molecular weight excluding hydrogens is 685 g/mol. The summed E-state index contributed by atoms with van der Waals surface area (Å²) in [5.74, 6) is 1.40. The highest BCUT2D eigenvalue weighted by atomic mass is 16.3. The lowest BCUT2D eigenvalue weighted by molar-refractivity contribution is 0.670. The third-order valence-electron chi connectivity index (χ3n) is 10.2. The van der Waals surface area contributed by atoms with E-state index in [1.54, 1.807) is 0 Å². The quantitative estimate of drug-likeness (QED) is 0.171. The third-order valence-corrected chi connectivity index (χ3v) is 10.2. The first-order valence-electron chi connectivity index (χ1n) is 21.3. The molecule has 11 rings (SSSR count). The van der Waals surface area contributed by atoms with E-state index in [1.165, 1.54) is 6.07 Å². The van der Waals surface area contributed by atoms with Crippen LogP contribution in [0.25, 0.3) is 106 Å². The van der Waals surface area contributed by atoms with Crippen LogP contribution in [0.4, 0.5) is 0 Å². The minimum atomic E-state index is -0.360. The maximum absolute atomic E-state index is 9.42. The van der Waals surface area contributed by atoms with Gasteiger partial charge in [-0.2, -0.15) is 0 Å². The molecule has 0 bridgehead atoms. The van der Waals surface area contributed by atoms with Gasteiger partial charge >= 0.3 is 0 Å². The Morgan fingerprint density at radius 3 is 1.64 bits per heavy atom. The summed E-state index contributed by atoms with van der Waals surface area (Å²) < 4.78 is 61.9. The van der Waals surface area contributed by atoms with Crippen LogP contribution in [-0.4, -0.2) is 19.5 Å². The van der Waals surface area contributed by atoms with Gasteiger partial charge in [0.15, 0.2) is 17.5 Å². The molecule has 5 nitrogen and oxygen atoms in total. The van der Waals surface area contributed by atoms with Crippen LogP contribution in [0.2, 0.25) is 0 Å². The number of hydrogen-bond donors (Lipinski definition) is 0. The van der Waals surface area contributed by atoms with E-state index in [1.807, 2.05) is 115 Å². The molecule has 56 heavy (non-hydrogen) atoms. The highest BCUT2D eigenvalue weighted by molar-refractivity contribution is 6.12. The molecule has 3 aromatic heterocycles. The van der Waals surface area contributed by atoms with Crippen molar-refractivity contribution in [3.63, 3.8) is 0 Å². The highest BCUT2D eigenvalue weighted by Gasteiger charge is 2.21. The Morgan fingerprint density at radius 1 is 0.411 bits per heavy atom. The Morgan fingerprint density at radius 2 is 0.946 bits per heavy atom. The summed E-state index contributed by atoms with van der Waals surface area (Å²) in [4.78, 5) is 15.1. The zero-order valence-electron chi connectivity index (χ0n) is 35.7. The topological polar surface area (TPSA) is 56.7 Å². The number of aromatic nitrogens is 4. The SMILES string of the molecule is [2H]c1cc([2H])c2oc3c(-c4ccc(-c5nc(-c6ccccc6)nc(-c6ccc(-c7ccccc7)cc6)n5)cc4-n4c5ccccc5c5ccccc54)c([2H])c([2H])c([2H])c3c2c1[2H]. The minimum absolute atomic E-state index is 0.0266. The van der Waals surface area contributed by atoms with Gasteiger partial charge in [-0.05, 0) is 35.4 Å². The van der Waals surface area contributed by atoms with Gasteiger partial charge in [-0.25, -0.2) is 15.0 Å². The standard InChI is InChI=1S/C51H32N4O/c1-3-14-33(15-4-1)34-26-28-36(29-27-34)50-52-49(35-16-5-2-6-17-35)53-51(54-50)37-30-31-40(42-21-13-22-43-41-20-9-12-25-47(41)56-48(42)43)46(32-37)55-44-23-10-7-18-38(44)39-19-8-11-24-45(39)55/h1-32H/i9D,13D,20D,21D,22D,25D. The van der Waals surface area contributed by atoms with Crippen LogP contribution >= 0.6 is 0 Å². The monoisotopic (exact) mass is 722 g/mol. The first kappa shape index (κ1) is 26.2. The number of para-hydroxylation sites is 4. The normalized spacial score (nSPS) is 13.1. The van der Waals surface area contributed by atoms with Crippen molar-refractivity contribution in [3.8, 4) is 62.1 Å². The average molecular weight is 723 g/mol. The van der Waals surface area contributed by atoms with Crippen molar-refractivity contribution in [2.75, 3.05) is 0 Å². The number of fused-ring (bicyclic) bond motifs is 6. The van der Waals surface area contributed by atoms with Crippen LogP contribution in [0.3, 0.4) is 0 Å². The van der Waals surface area contributed by atoms with Crippen molar-refractivity contribution in [2.45, 2.75) is 0 Å². The third kappa shape index (κ3) is 5.29. The number of benzene rings is 8. The molecular formula is C51H32N4O. The van der Waals surface area contributed by atoms with Gasteiger partial charge in [0.2, 0.25) is 0 Å². The fraction of sp³-hybridized carbons (Fsp3) is 0. The lowest BCUT2D eigenvalue weighted by Gasteiger charge is -2.16. The predicted molar refractivity (Wildman–Crippen MR) is 229 cm³/mol. The highest BCUT2D eigenvalue weighted by Crippen LogP contribution is 2.42. The van der Waals surface area contributed by atoms with E-state index in [0.29, 0.717) is 34.3 Å². The van der Waals surface area contributed by atoms with E-state index in [9.17, 15) is 1.37 Å². The molecule has 5 heteroatoms. The smallest absolute Gasteiger partial charge is 0.164 e. The molecule has 0 saturated heterocycles. The molecule has 0 saturated carbocycles. The van der Waals surface area contributed by atoms with Gasteiger partial charge in [0.25, 0.3) is 0 Å². The maximum Gasteiger partial charge on any atom is 0.164 e. The molecule has 0 amide bonds. The molecule has 0 aliphatic rings. The molecule has 262 valence electrons. The fourth-order valence-corrected chi connectivity index (χ4v) is 7.60. The van der Waals surface area contributed by atoms with Crippen molar-refractivity contribution < 1.29 is 12.6 Å². The summed E-state index contributed by atoms with van der Waals surface area (Å²) in [6.07, 6.45) is 0. The van der Waals surface area contributed by atoms with Gasteiger partial charge in [-0.3, -0.25) is 0 Å². The van der Waals surface area contributed by atoms with Gasteiger partial charge < -0.3 is 8.98 Å². The Kier molecular flexibility index (Phi) is 6.10. The molecule has 0 spiro atoms. The second kappa shape index (κ2) is 13.0. The number of furan rings is 1. The fourth-order valence-electron chi connectivity index (χ4n) is 7.60.